The Bertz CT molecular complexity index is 1000. The van der Waals surface area contributed by atoms with Crippen LogP contribution in [-0.4, -0.2) is 37.2 Å². The average molecular weight is 573 g/mol. The fourth-order valence-electron chi connectivity index (χ4n) is 9.22. The lowest BCUT2D eigenvalue weighted by atomic mass is 9.47. The summed E-state index contributed by atoms with van der Waals surface area (Å²) in [4.78, 5) is 12.5. The van der Waals surface area contributed by atoms with Gasteiger partial charge in [0.1, 0.15) is 6.10 Å². The van der Waals surface area contributed by atoms with Crippen LogP contribution in [0.4, 0.5) is 0 Å². The van der Waals surface area contributed by atoms with Gasteiger partial charge in [-0.1, -0.05) is 72.6 Å². The van der Waals surface area contributed by atoms with Gasteiger partial charge in [0.05, 0.1) is 11.7 Å². The second-order valence-electron chi connectivity index (χ2n) is 16.8. The Labute approximate surface area is 246 Å². The van der Waals surface area contributed by atoms with Crippen molar-refractivity contribution in [2.24, 2.45) is 40.4 Å². The topological polar surface area (TPSA) is 55.8 Å². The molecule has 0 aromatic rings. The summed E-state index contributed by atoms with van der Waals surface area (Å²) in [5.41, 5.74) is 0.978. The smallest absolute Gasteiger partial charge is 0.302 e. The molecule has 0 aliphatic heterocycles. The van der Waals surface area contributed by atoms with Crippen LogP contribution in [0.15, 0.2) is 23.8 Å². The molecule has 0 aromatic heterocycles. The first-order valence-corrected chi connectivity index (χ1v) is 19.2. The zero-order valence-corrected chi connectivity index (χ0v) is 28.6. The number of aliphatic hydroxyl groups is 1. The van der Waals surface area contributed by atoms with E-state index in [4.69, 9.17) is 9.16 Å². The van der Waals surface area contributed by atoms with Crippen LogP contribution in [0.25, 0.3) is 0 Å². The fourth-order valence-corrected chi connectivity index (χ4v) is 10.5. The van der Waals surface area contributed by atoms with E-state index < -0.39 is 13.9 Å². The molecule has 9 atom stereocenters. The number of hydrogen-bond acceptors (Lipinski definition) is 4. The molecule has 0 saturated heterocycles. The van der Waals surface area contributed by atoms with Gasteiger partial charge in [-0.3, -0.25) is 4.79 Å². The molecule has 0 spiro atoms. The van der Waals surface area contributed by atoms with Crippen LogP contribution in [0.1, 0.15) is 114 Å². The standard InChI is InChI=1S/C35H60O4Si/c1-23(13-12-19-33(6,7)37)28-16-17-29-27-15-14-25-21-26(39-40(10,11)32(3,4)5)18-20-34(25,8)31(27)30(38-24(2)36)22-35(28,29)9/h14-15,21,23,26-31,37H,12-13,16-20,22H2,1-11H3/t23-,26+,27+,28-,29+,30-,31-,34+,35-/m1/s1. The summed E-state index contributed by atoms with van der Waals surface area (Å²) in [6.07, 6.45) is 16.2. The van der Waals surface area contributed by atoms with Crippen LogP contribution in [0.2, 0.25) is 18.1 Å². The normalized spacial score (nSPS) is 38.6. The van der Waals surface area contributed by atoms with E-state index in [1.165, 1.54) is 18.4 Å². The molecule has 2 saturated carbocycles. The van der Waals surface area contributed by atoms with Crippen LogP contribution in [0.5, 0.6) is 0 Å². The molecule has 40 heavy (non-hydrogen) atoms. The van der Waals surface area contributed by atoms with Crippen molar-refractivity contribution in [1.29, 1.82) is 0 Å². The molecule has 228 valence electrons. The number of hydrogen-bond donors (Lipinski definition) is 1. The Morgan fingerprint density at radius 2 is 1.82 bits per heavy atom. The van der Waals surface area contributed by atoms with Crippen LogP contribution in [-0.2, 0) is 14.0 Å². The summed E-state index contributed by atoms with van der Waals surface area (Å²) in [7, 11) is -1.86. The van der Waals surface area contributed by atoms with E-state index in [2.05, 4.69) is 72.9 Å². The largest absolute Gasteiger partial charge is 0.462 e. The van der Waals surface area contributed by atoms with E-state index >= 15 is 0 Å². The lowest BCUT2D eigenvalue weighted by Crippen LogP contribution is -2.57. The molecular formula is C35H60O4Si. The Morgan fingerprint density at radius 1 is 1.15 bits per heavy atom. The molecule has 0 aromatic carbocycles. The van der Waals surface area contributed by atoms with E-state index in [-0.39, 0.29) is 34.0 Å². The summed E-state index contributed by atoms with van der Waals surface area (Å²) in [6, 6.07) is 0. The maximum atomic E-state index is 12.5. The Balaban J connectivity index is 1.62. The number of fused-ring (bicyclic) bond motifs is 5. The molecule has 0 unspecified atom stereocenters. The molecule has 4 rings (SSSR count). The van der Waals surface area contributed by atoms with E-state index in [9.17, 15) is 9.90 Å². The monoisotopic (exact) mass is 572 g/mol. The van der Waals surface area contributed by atoms with Crippen molar-refractivity contribution in [3.63, 3.8) is 0 Å². The van der Waals surface area contributed by atoms with E-state index in [0.29, 0.717) is 29.6 Å². The third kappa shape index (κ3) is 6.09. The molecule has 5 heteroatoms. The summed E-state index contributed by atoms with van der Waals surface area (Å²) in [5.74, 6) is 2.48. The number of rotatable bonds is 8. The van der Waals surface area contributed by atoms with Gasteiger partial charge in [0.15, 0.2) is 8.32 Å². The van der Waals surface area contributed by atoms with Crippen LogP contribution >= 0.6 is 0 Å². The first kappa shape index (κ1) is 32.0. The first-order valence-electron chi connectivity index (χ1n) is 16.3. The van der Waals surface area contributed by atoms with Gasteiger partial charge < -0.3 is 14.3 Å². The van der Waals surface area contributed by atoms with Crippen LogP contribution in [0.3, 0.4) is 0 Å². The average Bonchev–Trinajstić information content (AvgIpc) is 3.13. The lowest BCUT2D eigenvalue weighted by molar-refractivity contribution is -0.169. The summed E-state index contributed by atoms with van der Waals surface area (Å²) in [5, 5.41) is 10.4. The molecule has 4 nitrogen and oxygen atoms in total. The molecule has 4 aliphatic carbocycles. The van der Waals surface area contributed by atoms with E-state index in [1.54, 1.807) is 6.92 Å². The van der Waals surface area contributed by atoms with Crippen molar-refractivity contribution in [3.8, 4) is 0 Å². The predicted octanol–water partition coefficient (Wildman–Crippen LogP) is 8.85. The van der Waals surface area contributed by atoms with Crippen molar-refractivity contribution in [2.75, 3.05) is 0 Å². The number of carbonyl (C=O) groups is 1. The fraction of sp³-hybridized carbons (Fsp3) is 0.857. The first-order chi connectivity index (χ1) is 18.3. The molecule has 0 heterocycles. The SMILES string of the molecule is CC(=O)O[C@@H]1C[C@]2(C)[C@@H]([C@H](C)CCCC(C)(C)O)CC[C@H]2[C@@H]2C=CC3=C[C@@H](O[Si](C)(C)C(C)(C)C)CC[C@]3(C)[C@H]21. The second-order valence-corrected chi connectivity index (χ2v) is 21.5. The molecule has 2 fully saturated rings. The third-order valence-electron chi connectivity index (χ3n) is 12.3. The number of carbonyl (C=O) groups excluding carboxylic acids is 1. The van der Waals surface area contributed by atoms with E-state index in [0.717, 1.165) is 38.5 Å². The van der Waals surface area contributed by atoms with Gasteiger partial charge in [0, 0.05) is 12.8 Å². The van der Waals surface area contributed by atoms with Crippen molar-refractivity contribution in [3.05, 3.63) is 23.8 Å². The molecule has 0 amide bonds. The van der Waals surface area contributed by atoms with Gasteiger partial charge in [-0.25, -0.2) is 0 Å². The van der Waals surface area contributed by atoms with Crippen molar-refractivity contribution < 1.29 is 19.1 Å². The Hall–Kier alpha value is -0.913. The maximum absolute atomic E-state index is 12.5. The van der Waals surface area contributed by atoms with Gasteiger partial charge in [-0.15, -0.1) is 0 Å². The highest BCUT2D eigenvalue weighted by atomic mass is 28.4. The van der Waals surface area contributed by atoms with Gasteiger partial charge in [-0.2, -0.15) is 0 Å². The second kappa shape index (κ2) is 11.0. The summed E-state index contributed by atoms with van der Waals surface area (Å²) < 4.78 is 13.2. The van der Waals surface area contributed by atoms with Crippen molar-refractivity contribution in [2.45, 2.75) is 150 Å². The molecule has 4 aliphatic rings. The van der Waals surface area contributed by atoms with Gasteiger partial charge in [0.2, 0.25) is 0 Å². The van der Waals surface area contributed by atoms with Gasteiger partial charge >= 0.3 is 5.97 Å². The highest BCUT2D eigenvalue weighted by Gasteiger charge is 2.62. The van der Waals surface area contributed by atoms with Gasteiger partial charge in [-0.05, 0) is 111 Å². The van der Waals surface area contributed by atoms with Crippen molar-refractivity contribution >= 4 is 14.3 Å². The lowest BCUT2D eigenvalue weighted by Gasteiger charge is -2.59. The number of allylic oxidation sites excluding steroid dienone is 3. The van der Waals surface area contributed by atoms with Crippen LogP contribution in [0, 0.1) is 40.4 Å². The zero-order chi connectivity index (χ0) is 29.9. The Kier molecular flexibility index (Phi) is 8.78. The highest BCUT2D eigenvalue weighted by Crippen LogP contribution is 2.67. The minimum absolute atomic E-state index is 0.00453. The minimum Gasteiger partial charge on any atom is -0.462 e. The van der Waals surface area contributed by atoms with Crippen LogP contribution < -0.4 is 0 Å². The van der Waals surface area contributed by atoms with Gasteiger partial charge in [0.25, 0.3) is 0 Å². The minimum atomic E-state index is -1.86. The highest BCUT2D eigenvalue weighted by molar-refractivity contribution is 6.74. The summed E-state index contributed by atoms with van der Waals surface area (Å²) in [6.45, 7) is 24.5. The molecule has 0 radical (unpaired) electrons. The molecule has 0 bridgehead atoms. The quantitative estimate of drug-likeness (QED) is 0.233. The third-order valence-corrected chi connectivity index (χ3v) is 16.8. The molecular weight excluding hydrogens is 512 g/mol. The van der Waals surface area contributed by atoms with Crippen molar-refractivity contribution in [1.82, 2.24) is 0 Å². The maximum Gasteiger partial charge on any atom is 0.302 e. The number of esters is 1. The molecule has 1 N–H and O–H groups in total. The predicted molar refractivity (Wildman–Crippen MR) is 167 cm³/mol. The zero-order valence-electron chi connectivity index (χ0n) is 27.6. The number of ether oxygens (including phenoxy) is 1. The van der Waals surface area contributed by atoms with E-state index in [1.807, 2.05) is 13.8 Å². The summed E-state index contributed by atoms with van der Waals surface area (Å²) >= 11 is 0. The Morgan fingerprint density at radius 3 is 2.42 bits per heavy atom.